The molecule has 0 bridgehead atoms. The molecule has 0 aliphatic carbocycles. The van der Waals surface area contributed by atoms with Gasteiger partial charge in [0.05, 0.1) is 7.11 Å². The summed E-state index contributed by atoms with van der Waals surface area (Å²) < 4.78 is 9.91. The summed E-state index contributed by atoms with van der Waals surface area (Å²) in [5.41, 5.74) is 6.19. The number of methoxy groups -OCH3 is 1. The Bertz CT molecular complexity index is 725. The number of ether oxygens (including phenoxy) is 1. The average Bonchev–Trinajstić information content (AvgIpc) is 3.01. The van der Waals surface area contributed by atoms with Gasteiger partial charge in [-0.25, -0.2) is 9.59 Å². The lowest BCUT2D eigenvalue weighted by molar-refractivity contribution is -0.148. The molecule has 3 N–H and O–H groups in total. The molecule has 0 saturated carbocycles. The normalized spacial score (nSPS) is 23.4. The Hall–Kier alpha value is -2.26. The van der Waals surface area contributed by atoms with Crippen LogP contribution in [0, 0.1) is 0 Å². The molecule has 2 aliphatic heterocycles. The lowest BCUT2D eigenvalue weighted by Gasteiger charge is -2.48. The smallest absolute Gasteiger partial charge is 0.373 e. The summed E-state index contributed by atoms with van der Waals surface area (Å²) >= 11 is 1.42. The summed E-state index contributed by atoms with van der Waals surface area (Å²) in [4.78, 5) is 36.0. The Morgan fingerprint density at radius 1 is 1.52 bits per heavy atom. The molecule has 3 heterocycles. The summed E-state index contributed by atoms with van der Waals surface area (Å²) in [7, 11) is 1.24. The third-order valence-corrected chi connectivity index (χ3v) is 5.09. The number of fused-ring (bicyclic) bond motifs is 1. The van der Waals surface area contributed by atoms with Gasteiger partial charge in [-0.15, -0.1) is 11.8 Å². The van der Waals surface area contributed by atoms with Crippen LogP contribution in [0.5, 0.6) is 0 Å². The molecule has 1 saturated heterocycles. The van der Waals surface area contributed by atoms with Crippen LogP contribution in [0.4, 0.5) is 0 Å². The van der Waals surface area contributed by atoms with Gasteiger partial charge in [0.1, 0.15) is 22.9 Å². The monoisotopic (exact) mass is 338 g/mol. The van der Waals surface area contributed by atoms with E-state index in [2.05, 4.69) is 4.74 Å². The van der Waals surface area contributed by atoms with Crippen molar-refractivity contribution in [1.82, 2.24) is 4.90 Å². The van der Waals surface area contributed by atoms with Gasteiger partial charge in [0.2, 0.25) is 11.7 Å². The lowest BCUT2D eigenvalue weighted by atomic mass is 10.0. The molecule has 9 heteroatoms. The highest BCUT2D eigenvalue weighted by Crippen LogP contribution is 2.40. The lowest BCUT2D eigenvalue weighted by Crippen LogP contribution is -2.68. The number of furan rings is 1. The minimum absolute atomic E-state index is 0.0448. The first-order valence-electron chi connectivity index (χ1n) is 6.76. The maximum Gasteiger partial charge on any atom is 0.373 e. The zero-order valence-corrected chi connectivity index (χ0v) is 13.0. The zero-order valence-electron chi connectivity index (χ0n) is 12.1. The van der Waals surface area contributed by atoms with Gasteiger partial charge in [-0.05, 0) is 17.7 Å². The standard InChI is InChI=1S/C14H14N2O6S/c1-21-14(20)8-3-2-7(22-8)4-6-5-23-12-9(15)11(17)16(12)10(6)13(18)19/h2-3,9,12H,4-5,15H2,1H3,(H,18,19)/t9?,12-/m1/s1. The molecule has 0 spiro atoms. The highest BCUT2D eigenvalue weighted by Gasteiger charge is 2.51. The Kier molecular flexibility index (Phi) is 3.90. The van der Waals surface area contributed by atoms with Crippen molar-refractivity contribution in [1.29, 1.82) is 0 Å². The molecular formula is C14H14N2O6S. The van der Waals surface area contributed by atoms with E-state index in [0.717, 1.165) is 0 Å². The van der Waals surface area contributed by atoms with Crippen LogP contribution in [0.2, 0.25) is 0 Å². The van der Waals surface area contributed by atoms with Gasteiger partial charge in [-0.1, -0.05) is 0 Å². The number of carbonyl (C=O) groups excluding carboxylic acids is 2. The summed E-state index contributed by atoms with van der Waals surface area (Å²) in [5, 5.41) is 9.10. The number of esters is 1. The number of carboxylic acid groups (broad SMARTS) is 1. The van der Waals surface area contributed by atoms with Crippen LogP contribution < -0.4 is 5.73 Å². The zero-order chi connectivity index (χ0) is 16.7. The predicted octanol–water partition coefficient (Wildman–Crippen LogP) is 0.190. The fourth-order valence-corrected chi connectivity index (χ4v) is 3.90. The Balaban J connectivity index is 1.88. The second-order valence-corrected chi connectivity index (χ2v) is 6.23. The molecule has 2 aliphatic rings. The molecule has 23 heavy (non-hydrogen) atoms. The first-order chi connectivity index (χ1) is 10.9. The van der Waals surface area contributed by atoms with Crippen LogP contribution >= 0.6 is 11.8 Å². The number of thioether (sulfide) groups is 1. The van der Waals surface area contributed by atoms with Gasteiger partial charge in [0, 0.05) is 12.2 Å². The van der Waals surface area contributed by atoms with Gasteiger partial charge >= 0.3 is 11.9 Å². The Labute approximate surface area is 135 Å². The van der Waals surface area contributed by atoms with Crippen LogP contribution in [0.15, 0.2) is 27.8 Å². The van der Waals surface area contributed by atoms with E-state index >= 15 is 0 Å². The van der Waals surface area contributed by atoms with E-state index in [0.29, 0.717) is 17.1 Å². The van der Waals surface area contributed by atoms with Crippen LogP contribution in [0.25, 0.3) is 0 Å². The van der Waals surface area contributed by atoms with Crippen molar-refractivity contribution < 1.29 is 28.6 Å². The van der Waals surface area contributed by atoms with Crippen molar-refractivity contribution in [3.8, 4) is 0 Å². The number of hydrogen-bond donors (Lipinski definition) is 2. The molecule has 1 amide bonds. The Morgan fingerprint density at radius 2 is 2.26 bits per heavy atom. The van der Waals surface area contributed by atoms with E-state index < -0.39 is 23.9 Å². The summed E-state index contributed by atoms with van der Waals surface area (Å²) in [6.45, 7) is 0. The summed E-state index contributed by atoms with van der Waals surface area (Å²) in [6.07, 6.45) is 0.192. The van der Waals surface area contributed by atoms with Crippen molar-refractivity contribution in [2.45, 2.75) is 17.8 Å². The van der Waals surface area contributed by atoms with Crippen molar-refractivity contribution in [3.05, 3.63) is 34.9 Å². The van der Waals surface area contributed by atoms with Gasteiger partial charge in [0.25, 0.3) is 0 Å². The van der Waals surface area contributed by atoms with Gasteiger partial charge in [0.15, 0.2) is 0 Å². The quantitative estimate of drug-likeness (QED) is 0.589. The number of nitrogens with two attached hydrogens (primary N) is 1. The van der Waals surface area contributed by atoms with Crippen LogP contribution in [0.3, 0.4) is 0 Å². The van der Waals surface area contributed by atoms with Gasteiger partial charge < -0.3 is 20.0 Å². The fourth-order valence-electron chi connectivity index (χ4n) is 2.61. The molecule has 1 aromatic rings. The van der Waals surface area contributed by atoms with Crippen molar-refractivity contribution >= 4 is 29.6 Å². The second kappa shape index (κ2) is 5.74. The molecule has 3 rings (SSSR count). The highest BCUT2D eigenvalue weighted by atomic mass is 32.2. The average molecular weight is 338 g/mol. The largest absolute Gasteiger partial charge is 0.477 e. The van der Waals surface area contributed by atoms with Crippen LogP contribution in [0.1, 0.15) is 16.3 Å². The van der Waals surface area contributed by atoms with Crippen molar-refractivity contribution in [2.24, 2.45) is 5.73 Å². The number of rotatable bonds is 4. The van der Waals surface area contributed by atoms with E-state index in [-0.39, 0.29) is 23.3 Å². The topological polar surface area (TPSA) is 123 Å². The van der Waals surface area contributed by atoms with Crippen molar-refractivity contribution in [3.63, 3.8) is 0 Å². The molecular weight excluding hydrogens is 324 g/mol. The maximum atomic E-state index is 11.8. The number of amides is 1. The minimum Gasteiger partial charge on any atom is -0.477 e. The maximum absolute atomic E-state index is 11.8. The van der Waals surface area contributed by atoms with Crippen molar-refractivity contribution in [2.75, 3.05) is 12.9 Å². The third-order valence-electron chi connectivity index (χ3n) is 3.73. The van der Waals surface area contributed by atoms with E-state index in [9.17, 15) is 19.5 Å². The molecule has 1 aromatic heterocycles. The molecule has 0 aromatic carbocycles. The summed E-state index contributed by atoms with van der Waals surface area (Å²) in [6, 6.07) is 2.38. The van der Waals surface area contributed by atoms with E-state index in [4.69, 9.17) is 10.2 Å². The number of carbonyl (C=O) groups is 3. The molecule has 2 atom stereocenters. The van der Waals surface area contributed by atoms with E-state index in [1.54, 1.807) is 6.07 Å². The number of β-lactam (4-membered cyclic amide) rings is 1. The van der Waals surface area contributed by atoms with Gasteiger partial charge in [-0.3, -0.25) is 9.69 Å². The SMILES string of the molecule is COC(=O)c1ccc(CC2=C(C(=O)O)N3C(=O)C(N)[C@H]3SC2)o1. The minimum atomic E-state index is -1.18. The first kappa shape index (κ1) is 15.6. The van der Waals surface area contributed by atoms with Crippen LogP contribution in [-0.4, -0.2) is 52.1 Å². The predicted molar refractivity (Wildman–Crippen MR) is 79.5 cm³/mol. The number of carboxylic acids is 1. The Morgan fingerprint density at radius 3 is 2.91 bits per heavy atom. The van der Waals surface area contributed by atoms with E-state index in [1.807, 2.05) is 0 Å². The number of hydrogen-bond acceptors (Lipinski definition) is 7. The molecule has 1 fully saturated rings. The molecule has 0 radical (unpaired) electrons. The second-order valence-electron chi connectivity index (χ2n) is 5.13. The first-order valence-corrected chi connectivity index (χ1v) is 7.81. The summed E-state index contributed by atoms with van der Waals surface area (Å²) in [5.74, 6) is -1.28. The number of aliphatic carboxylic acids is 1. The number of nitrogens with zero attached hydrogens (tertiary/aromatic N) is 1. The fraction of sp³-hybridized carbons (Fsp3) is 0.357. The third kappa shape index (κ3) is 2.51. The van der Waals surface area contributed by atoms with Crippen LogP contribution in [-0.2, 0) is 20.7 Å². The molecule has 1 unspecified atom stereocenters. The van der Waals surface area contributed by atoms with Gasteiger partial charge in [-0.2, -0.15) is 0 Å². The highest BCUT2D eigenvalue weighted by molar-refractivity contribution is 8.00. The molecule has 122 valence electrons. The molecule has 8 nitrogen and oxygen atoms in total. The van der Waals surface area contributed by atoms with E-state index in [1.165, 1.54) is 29.8 Å².